The summed E-state index contributed by atoms with van der Waals surface area (Å²) in [5.74, 6) is -0.227. The van der Waals surface area contributed by atoms with Crippen LogP contribution >= 0.6 is 23.1 Å². The standard InChI is InChI=1S/C21H23N3O2S2/c1-7-11(2)24-19(25)18(28-21(24)26)9-16-8-12(3)23(14(16)5)20-17(10-22)13(4)15(6)27-20/h8-9,11H,7H2,1-6H3/b18-9+/t11-/m1/s1. The van der Waals surface area contributed by atoms with E-state index < -0.39 is 0 Å². The molecule has 0 N–H and O–H groups in total. The summed E-state index contributed by atoms with van der Waals surface area (Å²) in [6, 6.07) is 4.21. The maximum absolute atomic E-state index is 12.7. The van der Waals surface area contributed by atoms with Gasteiger partial charge in [0.05, 0.1) is 10.5 Å². The van der Waals surface area contributed by atoms with E-state index >= 15 is 0 Å². The van der Waals surface area contributed by atoms with E-state index in [-0.39, 0.29) is 17.2 Å². The Bertz CT molecular complexity index is 1050. The minimum Gasteiger partial charge on any atom is -0.308 e. The molecule has 0 spiro atoms. The van der Waals surface area contributed by atoms with Gasteiger partial charge < -0.3 is 4.57 Å². The van der Waals surface area contributed by atoms with Gasteiger partial charge >= 0.3 is 0 Å². The third kappa shape index (κ3) is 3.21. The van der Waals surface area contributed by atoms with Crippen LogP contribution in [0, 0.1) is 39.0 Å². The summed E-state index contributed by atoms with van der Waals surface area (Å²) in [6.07, 6.45) is 2.53. The van der Waals surface area contributed by atoms with Crippen LogP contribution in [-0.4, -0.2) is 26.7 Å². The predicted molar refractivity (Wildman–Crippen MR) is 115 cm³/mol. The third-order valence-corrected chi connectivity index (χ3v) is 7.37. The zero-order valence-electron chi connectivity index (χ0n) is 16.9. The summed E-state index contributed by atoms with van der Waals surface area (Å²) in [7, 11) is 0. The number of hydrogen-bond acceptors (Lipinski definition) is 5. The molecular weight excluding hydrogens is 390 g/mol. The second kappa shape index (κ2) is 7.61. The lowest BCUT2D eigenvalue weighted by molar-refractivity contribution is -0.124. The van der Waals surface area contributed by atoms with Gasteiger partial charge in [-0.25, -0.2) is 0 Å². The maximum atomic E-state index is 12.7. The summed E-state index contributed by atoms with van der Waals surface area (Å²) in [4.78, 5) is 27.9. The van der Waals surface area contributed by atoms with Crippen LogP contribution in [0.3, 0.4) is 0 Å². The molecule has 3 rings (SSSR count). The van der Waals surface area contributed by atoms with Gasteiger partial charge in [-0.3, -0.25) is 14.5 Å². The molecule has 146 valence electrons. The molecule has 1 atom stereocenters. The van der Waals surface area contributed by atoms with Crippen molar-refractivity contribution in [2.45, 2.75) is 54.0 Å². The van der Waals surface area contributed by atoms with E-state index in [1.54, 1.807) is 17.4 Å². The Morgan fingerprint density at radius 3 is 2.54 bits per heavy atom. The molecule has 0 unspecified atom stereocenters. The van der Waals surface area contributed by atoms with E-state index in [2.05, 4.69) is 10.6 Å². The lowest BCUT2D eigenvalue weighted by atomic mass is 10.2. The van der Waals surface area contributed by atoms with Gasteiger partial charge in [-0.05, 0) is 76.1 Å². The topological polar surface area (TPSA) is 66.1 Å². The van der Waals surface area contributed by atoms with Crippen LogP contribution in [-0.2, 0) is 4.79 Å². The number of rotatable bonds is 4. The van der Waals surface area contributed by atoms with Gasteiger partial charge in [-0.2, -0.15) is 5.26 Å². The van der Waals surface area contributed by atoms with E-state index in [1.165, 1.54) is 4.90 Å². The van der Waals surface area contributed by atoms with Crippen molar-refractivity contribution in [3.8, 4) is 11.1 Å². The van der Waals surface area contributed by atoms with Crippen molar-refractivity contribution in [2.75, 3.05) is 0 Å². The highest BCUT2D eigenvalue weighted by molar-refractivity contribution is 8.18. The van der Waals surface area contributed by atoms with Gasteiger partial charge in [-0.1, -0.05) is 6.92 Å². The number of nitrogens with zero attached hydrogens (tertiary/aromatic N) is 3. The van der Waals surface area contributed by atoms with Crippen LogP contribution in [0.5, 0.6) is 0 Å². The summed E-state index contributed by atoms with van der Waals surface area (Å²) in [6.45, 7) is 11.8. The average Bonchev–Trinajstić information content (AvgIpc) is 3.20. The fourth-order valence-corrected chi connectivity index (χ4v) is 5.47. The third-order valence-electron chi connectivity index (χ3n) is 5.29. The normalized spacial score (nSPS) is 16.9. The maximum Gasteiger partial charge on any atom is 0.293 e. The van der Waals surface area contributed by atoms with Gasteiger partial charge in [0.25, 0.3) is 11.1 Å². The van der Waals surface area contributed by atoms with Crippen LogP contribution in [0.25, 0.3) is 11.1 Å². The summed E-state index contributed by atoms with van der Waals surface area (Å²) >= 11 is 2.59. The SMILES string of the molecule is CC[C@@H](C)N1C(=O)S/C(=C/c2cc(C)n(-c3sc(C)c(C)c3C#N)c2C)C1=O. The van der Waals surface area contributed by atoms with E-state index in [4.69, 9.17) is 0 Å². The fraction of sp³-hybridized carbons (Fsp3) is 0.381. The van der Waals surface area contributed by atoms with Crippen LogP contribution < -0.4 is 0 Å². The van der Waals surface area contributed by atoms with E-state index in [1.807, 2.05) is 47.6 Å². The Morgan fingerprint density at radius 1 is 1.25 bits per heavy atom. The quantitative estimate of drug-likeness (QED) is 0.623. The van der Waals surface area contributed by atoms with Crippen molar-refractivity contribution in [2.24, 2.45) is 0 Å². The van der Waals surface area contributed by atoms with Crippen LogP contribution in [0.2, 0.25) is 0 Å². The smallest absolute Gasteiger partial charge is 0.293 e. The van der Waals surface area contributed by atoms with E-state index in [9.17, 15) is 14.9 Å². The van der Waals surface area contributed by atoms with Crippen molar-refractivity contribution in [3.05, 3.63) is 43.9 Å². The van der Waals surface area contributed by atoms with Gasteiger partial charge in [0.15, 0.2) is 0 Å². The number of amides is 2. The highest BCUT2D eigenvalue weighted by Crippen LogP contribution is 2.37. The molecule has 0 bridgehead atoms. The first-order chi connectivity index (χ1) is 13.2. The number of aromatic nitrogens is 1. The molecule has 5 nitrogen and oxygen atoms in total. The lowest BCUT2D eigenvalue weighted by Gasteiger charge is -2.19. The molecule has 2 aromatic rings. The Labute approximate surface area is 173 Å². The summed E-state index contributed by atoms with van der Waals surface area (Å²) in [5, 5.41) is 10.3. The fourth-order valence-electron chi connectivity index (χ4n) is 3.33. The number of carbonyl (C=O) groups is 2. The molecule has 1 aliphatic heterocycles. The molecule has 0 aromatic carbocycles. The zero-order chi connectivity index (χ0) is 20.7. The largest absolute Gasteiger partial charge is 0.308 e. The van der Waals surface area contributed by atoms with Crippen LogP contribution in [0.1, 0.15) is 53.2 Å². The minimum atomic E-state index is -0.227. The van der Waals surface area contributed by atoms with Crippen LogP contribution in [0.15, 0.2) is 11.0 Å². The number of hydrogen-bond donors (Lipinski definition) is 0. The molecular formula is C21H23N3O2S2. The first kappa shape index (κ1) is 20.4. The Morgan fingerprint density at radius 2 is 1.93 bits per heavy atom. The molecule has 7 heteroatoms. The Hall–Kier alpha value is -2.30. The second-order valence-electron chi connectivity index (χ2n) is 7.05. The van der Waals surface area contributed by atoms with Crippen molar-refractivity contribution in [1.29, 1.82) is 5.26 Å². The van der Waals surface area contributed by atoms with E-state index in [0.29, 0.717) is 10.5 Å². The van der Waals surface area contributed by atoms with Gasteiger partial charge in [0.2, 0.25) is 0 Å². The highest BCUT2D eigenvalue weighted by Gasteiger charge is 2.37. The van der Waals surface area contributed by atoms with Crippen molar-refractivity contribution in [1.82, 2.24) is 9.47 Å². The van der Waals surface area contributed by atoms with Gasteiger partial charge in [-0.15, -0.1) is 11.3 Å². The number of imide groups is 1. The van der Waals surface area contributed by atoms with Crippen molar-refractivity contribution >= 4 is 40.3 Å². The molecule has 0 saturated carbocycles. The van der Waals surface area contributed by atoms with E-state index in [0.717, 1.165) is 50.6 Å². The minimum absolute atomic E-state index is 0.110. The molecule has 2 aromatic heterocycles. The highest BCUT2D eigenvalue weighted by atomic mass is 32.2. The molecule has 1 saturated heterocycles. The monoisotopic (exact) mass is 413 g/mol. The molecule has 0 radical (unpaired) electrons. The Kier molecular flexibility index (Phi) is 5.55. The average molecular weight is 414 g/mol. The molecule has 0 aliphatic carbocycles. The number of aryl methyl sites for hydroxylation is 2. The molecule has 3 heterocycles. The first-order valence-corrected chi connectivity index (χ1v) is 10.8. The summed E-state index contributed by atoms with van der Waals surface area (Å²) < 4.78 is 2.06. The predicted octanol–water partition coefficient (Wildman–Crippen LogP) is 5.48. The second-order valence-corrected chi connectivity index (χ2v) is 9.24. The number of nitriles is 1. The van der Waals surface area contributed by atoms with Gasteiger partial charge in [0, 0.05) is 22.3 Å². The van der Waals surface area contributed by atoms with Crippen LogP contribution in [0.4, 0.5) is 4.79 Å². The van der Waals surface area contributed by atoms with Crippen molar-refractivity contribution in [3.63, 3.8) is 0 Å². The van der Waals surface area contributed by atoms with Crippen molar-refractivity contribution < 1.29 is 9.59 Å². The van der Waals surface area contributed by atoms with Gasteiger partial charge in [0.1, 0.15) is 11.1 Å². The Balaban J connectivity index is 2.06. The number of carbonyl (C=O) groups excluding carboxylic acids is 2. The molecule has 1 aliphatic rings. The summed E-state index contributed by atoms with van der Waals surface area (Å²) in [5.41, 5.74) is 4.52. The zero-order valence-corrected chi connectivity index (χ0v) is 18.5. The number of thioether (sulfide) groups is 1. The molecule has 28 heavy (non-hydrogen) atoms. The molecule has 1 fully saturated rings. The first-order valence-electron chi connectivity index (χ1n) is 9.17. The lowest BCUT2D eigenvalue weighted by Crippen LogP contribution is -2.36. The number of thiophene rings is 1. The molecule has 2 amide bonds.